The largest absolute Gasteiger partial charge is 0.493 e. The van der Waals surface area contributed by atoms with E-state index in [1.165, 1.54) is 48.3 Å². The van der Waals surface area contributed by atoms with E-state index in [4.69, 9.17) is 14.5 Å². The van der Waals surface area contributed by atoms with E-state index in [2.05, 4.69) is 34.8 Å². The first-order valence-corrected chi connectivity index (χ1v) is 30.5. The number of aryl methyl sites for hydroxylation is 4. The van der Waals surface area contributed by atoms with Crippen LogP contribution >= 0.6 is 0 Å². The third-order valence-corrected chi connectivity index (χ3v) is 18.8. The molecule has 0 saturated carbocycles. The number of rotatable bonds is 26. The highest BCUT2D eigenvalue weighted by Crippen LogP contribution is 2.37. The molecule has 460 valence electrons. The zero-order chi connectivity index (χ0) is 61.2. The molecule has 0 spiro atoms. The van der Waals surface area contributed by atoms with Crippen molar-refractivity contribution in [3.63, 3.8) is 0 Å². The quantitative estimate of drug-likeness (QED) is 0.0335. The van der Waals surface area contributed by atoms with Gasteiger partial charge < -0.3 is 49.5 Å². The van der Waals surface area contributed by atoms with Gasteiger partial charge in [0.2, 0.25) is 20.0 Å². The Morgan fingerprint density at radius 3 is 1.33 bits per heavy atom. The van der Waals surface area contributed by atoms with E-state index in [1.54, 1.807) is 27.1 Å². The summed E-state index contributed by atoms with van der Waals surface area (Å²) in [5.74, 6) is -1.47. The summed E-state index contributed by atoms with van der Waals surface area (Å²) in [6.45, 7) is 6.62. The Kier molecular flexibility index (Phi) is 21.5. The number of aliphatic hydroxyl groups is 4. The molecule has 6 aromatic rings. The number of nitrogens with zero attached hydrogens (tertiary/aromatic N) is 10. The topological polar surface area (TPSA) is 406 Å². The van der Waals surface area contributed by atoms with Gasteiger partial charge in [-0.2, -0.15) is 18.8 Å². The highest BCUT2D eigenvalue weighted by atomic mass is 32.2. The van der Waals surface area contributed by atoms with Crippen LogP contribution in [0.4, 0.5) is 0 Å². The summed E-state index contributed by atoms with van der Waals surface area (Å²) in [5, 5.41) is 68.1. The second kappa shape index (κ2) is 28.1. The third-order valence-electron chi connectivity index (χ3n) is 15.0. The van der Waals surface area contributed by atoms with Crippen LogP contribution in [0.3, 0.4) is 0 Å². The number of aromatic nitrogens is 8. The maximum absolute atomic E-state index is 13.8. The number of hydrogen-bond acceptors (Lipinski definition) is 22. The summed E-state index contributed by atoms with van der Waals surface area (Å²) < 4.78 is 71.8. The molecule has 4 aromatic heterocycles. The maximum Gasteiger partial charge on any atom is 0.294 e. The molecule has 2 aliphatic rings. The fourth-order valence-corrected chi connectivity index (χ4v) is 13.6. The van der Waals surface area contributed by atoms with Gasteiger partial charge in [-0.3, -0.25) is 19.0 Å². The number of ether oxygens (including phenoxy) is 2. The SMILES string of the molecule is CCCc1nn(C)c2c(=O)[nH]c(-c3cc(S(=O)(=O)N4CCC(C(O)C(CO)CO)CC4)ccc3OCC)nc12.CCCc1nn(C)c2c(=O)[nH]c(-c3cc(S(=O)(=O)N4CCC(C(O)C(CO[N+](=O)[O-])CO[N+](=O)[O-])CC4)ccc3OCC)nc12. The van der Waals surface area contributed by atoms with Gasteiger partial charge in [0.1, 0.15) is 47.4 Å². The van der Waals surface area contributed by atoms with Crippen LogP contribution in [0, 0.1) is 43.9 Å². The van der Waals surface area contributed by atoms with Crippen molar-refractivity contribution >= 4 is 42.1 Å². The Morgan fingerprint density at radius 2 is 1.00 bits per heavy atom. The van der Waals surface area contributed by atoms with Gasteiger partial charge in [-0.25, -0.2) is 26.8 Å². The molecule has 32 heteroatoms. The zero-order valence-corrected chi connectivity index (χ0v) is 49.1. The molecule has 30 nitrogen and oxygen atoms in total. The second-order valence-corrected chi connectivity index (χ2v) is 24.3. The van der Waals surface area contributed by atoms with E-state index in [0.717, 1.165) is 12.8 Å². The number of aliphatic hydroxyl groups excluding tert-OH is 4. The van der Waals surface area contributed by atoms with Gasteiger partial charge in [-0.1, -0.05) is 26.7 Å². The van der Waals surface area contributed by atoms with Crippen molar-refractivity contribution in [2.75, 3.05) is 65.8 Å². The minimum atomic E-state index is -4.07. The Hall–Kier alpha value is -7.20. The average Bonchev–Trinajstić information content (AvgIpc) is 1.97. The lowest BCUT2D eigenvalue weighted by Crippen LogP contribution is -2.44. The number of H-pyrrole nitrogens is 2. The number of piperidine rings is 2. The fourth-order valence-electron chi connectivity index (χ4n) is 10.6. The molecular formula is C52H72N12O18S2. The lowest BCUT2D eigenvalue weighted by molar-refractivity contribution is -0.769. The van der Waals surface area contributed by atoms with Crippen molar-refractivity contribution in [3.8, 4) is 34.3 Å². The van der Waals surface area contributed by atoms with Gasteiger partial charge in [0.25, 0.3) is 21.3 Å². The van der Waals surface area contributed by atoms with Crippen molar-refractivity contribution in [2.24, 2.45) is 37.8 Å². The molecule has 0 amide bonds. The first-order chi connectivity index (χ1) is 40.0. The maximum atomic E-state index is 13.8. The summed E-state index contributed by atoms with van der Waals surface area (Å²) in [6.07, 6.45) is 1.78. The Labute approximate surface area is 482 Å². The molecule has 2 unspecified atom stereocenters. The lowest BCUT2D eigenvalue weighted by atomic mass is 9.85. The van der Waals surface area contributed by atoms with Crippen LogP contribution in [-0.4, -0.2) is 174 Å². The molecule has 6 N–H and O–H groups in total. The summed E-state index contributed by atoms with van der Waals surface area (Å²) in [6, 6.07) is 8.79. The number of benzene rings is 2. The van der Waals surface area contributed by atoms with Crippen LogP contribution < -0.4 is 20.6 Å². The molecule has 84 heavy (non-hydrogen) atoms. The predicted octanol–water partition coefficient (Wildman–Crippen LogP) is 2.51. The highest BCUT2D eigenvalue weighted by Gasteiger charge is 2.38. The number of hydrogen-bond donors (Lipinski definition) is 6. The molecule has 0 radical (unpaired) electrons. The van der Waals surface area contributed by atoms with Crippen LogP contribution in [-0.2, 0) is 56.7 Å². The summed E-state index contributed by atoms with van der Waals surface area (Å²) >= 11 is 0. The van der Waals surface area contributed by atoms with E-state index < -0.39 is 79.0 Å². The molecule has 2 atom stereocenters. The monoisotopic (exact) mass is 1220 g/mol. The zero-order valence-electron chi connectivity index (χ0n) is 47.4. The summed E-state index contributed by atoms with van der Waals surface area (Å²) in [5.41, 5.74) is 2.67. The Morgan fingerprint density at radius 1 is 0.631 bits per heavy atom. The lowest BCUT2D eigenvalue weighted by Gasteiger charge is -2.36. The molecule has 2 aliphatic heterocycles. The average molecular weight is 1220 g/mol. The smallest absolute Gasteiger partial charge is 0.294 e. The number of aromatic amines is 2. The molecule has 8 rings (SSSR count). The molecule has 0 bridgehead atoms. The Balaban J connectivity index is 0.000000243. The fraction of sp³-hybridized carbons (Fsp3) is 0.577. The van der Waals surface area contributed by atoms with Gasteiger partial charge in [0.15, 0.2) is 11.0 Å². The van der Waals surface area contributed by atoms with Crippen molar-refractivity contribution < 1.29 is 66.6 Å². The standard InChI is InChI=1S/C26H35N7O11S.C26H37N5O7S/c1-4-6-20-22-23(30(3)29-20)26(35)28-25(27-22)19-13-18(7-8-21(19)42-5-2)45(40,41)31-11-9-16(10-12-31)24(34)17(14-43-32(36)37)15-44-33(38)39;1-4-6-20-22-23(30(3)29-20)26(35)28-25(27-22)19-13-18(7-8-21(19)38-5-2)39(36,37)31-11-9-16(10-12-31)24(34)17(14-32)15-33/h7-8,13,16-17,24,34H,4-6,9-12,14-15H2,1-3H3,(H,27,28,35);7-8,13,16-17,24,32-34H,4-6,9-12,14-15H2,1-3H3,(H,27,28,35). The van der Waals surface area contributed by atoms with Gasteiger partial charge >= 0.3 is 0 Å². The van der Waals surface area contributed by atoms with Crippen LogP contribution in [0.25, 0.3) is 44.8 Å². The van der Waals surface area contributed by atoms with Crippen LogP contribution in [0.2, 0.25) is 0 Å². The van der Waals surface area contributed by atoms with Crippen LogP contribution in [0.1, 0.15) is 77.6 Å². The molecule has 2 saturated heterocycles. The van der Waals surface area contributed by atoms with Gasteiger partial charge in [-0.15, -0.1) is 20.2 Å². The van der Waals surface area contributed by atoms with E-state index in [0.29, 0.717) is 82.8 Å². The molecule has 2 aromatic carbocycles. The van der Waals surface area contributed by atoms with Crippen molar-refractivity contribution in [3.05, 3.63) is 88.7 Å². The molecule has 0 aliphatic carbocycles. The van der Waals surface area contributed by atoms with Crippen LogP contribution in [0.5, 0.6) is 11.5 Å². The van der Waals surface area contributed by atoms with Crippen LogP contribution in [0.15, 0.2) is 55.8 Å². The van der Waals surface area contributed by atoms with Crippen molar-refractivity contribution in [1.82, 2.24) is 48.1 Å². The minimum absolute atomic E-state index is 0.00260. The third kappa shape index (κ3) is 14.3. The number of fused-ring (bicyclic) bond motifs is 2. The van der Waals surface area contributed by atoms with Crippen molar-refractivity contribution in [1.29, 1.82) is 0 Å². The summed E-state index contributed by atoms with van der Waals surface area (Å²) in [4.78, 5) is 70.8. The normalized spacial score (nSPS) is 15.8. The van der Waals surface area contributed by atoms with Gasteiger partial charge in [0.05, 0.1) is 70.9 Å². The van der Waals surface area contributed by atoms with E-state index in [1.807, 2.05) is 20.8 Å². The highest BCUT2D eigenvalue weighted by molar-refractivity contribution is 7.89. The Bertz CT molecular complexity index is 3610. The van der Waals surface area contributed by atoms with Gasteiger partial charge in [0, 0.05) is 52.1 Å². The second-order valence-electron chi connectivity index (χ2n) is 20.4. The summed E-state index contributed by atoms with van der Waals surface area (Å²) in [7, 11) is -4.64. The van der Waals surface area contributed by atoms with E-state index >= 15 is 0 Å². The number of sulfonamides is 2. The minimum Gasteiger partial charge on any atom is -0.493 e. The van der Waals surface area contributed by atoms with Gasteiger partial charge in [-0.05, 0) is 101 Å². The first-order valence-electron chi connectivity index (χ1n) is 27.6. The van der Waals surface area contributed by atoms with E-state index in [-0.39, 0.29) is 97.3 Å². The van der Waals surface area contributed by atoms with Crippen molar-refractivity contribution in [2.45, 2.75) is 101 Å². The van der Waals surface area contributed by atoms with E-state index in [9.17, 15) is 67.1 Å². The molecular weight excluding hydrogens is 1140 g/mol. The number of nitrogens with one attached hydrogen (secondary N) is 2. The first kappa shape index (κ1) is 64.4. The predicted molar refractivity (Wildman–Crippen MR) is 301 cm³/mol. The molecule has 6 heterocycles. The molecule has 2 fully saturated rings.